The fourth-order valence-electron chi connectivity index (χ4n) is 12.5. The second kappa shape index (κ2) is 14.9. The summed E-state index contributed by atoms with van der Waals surface area (Å²) in [6, 6.07) is 95.8. The van der Waals surface area contributed by atoms with E-state index in [-0.39, 0.29) is 11.8 Å². The Morgan fingerprint density at radius 3 is 1.54 bits per heavy atom. The minimum atomic E-state index is -0.477. The molecule has 0 spiro atoms. The second-order valence-electron chi connectivity index (χ2n) is 18.6. The molecule has 0 saturated heterocycles. The van der Waals surface area contributed by atoms with Crippen LogP contribution in [0.3, 0.4) is 0 Å². The molecule has 0 nitrogen and oxygen atoms in total. The van der Waals surface area contributed by atoms with E-state index in [9.17, 15) is 0 Å². The van der Waals surface area contributed by atoms with Gasteiger partial charge in [0.15, 0.2) is 0 Å². The maximum atomic E-state index is 2.50. The van der Waals surface area contributed by atoms with Crippen molar-refractivity contribution in [2.45, 2.75) is 17.3 Å². The Hall–Kier alpha value is -8.32. The van der Waals surface area contributed by atoms with Gasteiger partial charge in [-0.3, -0.25) is 0 Å². The van der Waals surface area contributed by atoms with Crippen LogP contribution in [0.4, 0.5) is 0 Å². The van der Waals surface area contributed by atoms with Gasteiger partial charge in [-0.1, -0.05) is 243 Å². The molecule has 0 fully saturated rings. The van der Waals surface area contributed by atoms with Gasteiger partial charge in [0, 0.05) is 11.8 Å². The van der Waals surface area contributed by atoms with Crippen LogP contribution in [0.5, 0.6) is 0 Å². The van der Waals surface area contributed by atoms with Crippen molar-refractivity contribution >= 4 is 10.8 Å². The molecule has 2 unspecified atom stereocenters. The largest absolute Gasteiger partial charge is 0.0713 e. The number of hydrogen-bond donors (Lipinski definition) is 0. The minimum Gasteiger partial charge on any atom is -0.0622 e. The molecular weight excluding hydrogens is 805 g/mol. The van der Waals surface area contributed by atoms with Gasteiger partial charge in [-0.25, -0.2) is 0 Å². The molecule has 0 bridgehead atoms. The van der Waals surface area contributed by atoms with Crippen LogP contribution in [0, 0.1) is 0 Å². The zero-order chi connectivity index (χ0) is 44.1. The highest BCUT2D eigenvalue weighted by Gasteiger charge is 2.49. The van der Waals surface area contributed by atoms with Gasteiger partial charge >= 0.3 is 0 Å². The summed E-state index contributed by atoms with van der Waals surface area (Å²) in [5.41, 5.74) is 25.9. The summed E-state index contributed by atoms with van der Waals surface area (Å²) in [7, 11) is 0. The van der Waals surface area contributed by atoms with E-state index < -0.39 is 5.41 Å². The molecule has 11 aromatic carbocycles. The summed E-state index contributed by atoms with van der Waals surface area (Å²) >= 11 is 0. The smallest absolute Gasteiger partial charge is 0.0622 e. The molecular formula is C67H44. The average molecular weight is 849 g/mol. The summed E-state index contributed by atoms with van der Waals surface area (Å²) < 4.78 is 0. The highest BCUT2D eigenvalue weighted by molar-refractivity contribution is 5.99. The van der Waals surface area contributed by atoms with Gasteiger partial charge in [-0.2, -0.15) is 0 Å². The first-order valence-electron chi connectivity index (χ1n) is 23.6. The average Bonchev–Trinajstić information content (AvgIpc) is 4.03. The molecule has 0 radical (unpaired) electrons. The first kappa shape index (κ1) is 38.0. The molecule has 0 amide bonds. The van der Waals surface area contributed by atoms with E-state index in [1.165, 1.54) is 122 Å². The van der Waals surface area contributed by atoms with Crippen LogP contribution in [-0.2, 0) is 5.41 Å². The predicted molar refractivity (Wildman–Crippen MR) is 278 cm³/mol. The van der Waals surface area contributed by atoms with Crippen LogP contribution in [0.1, 0.15) is 67.5 Å². The highest BCUT2D eigenvalue weighted by Crippen LogP contribution is 2.63. The van der Waals surface area contributed by atoms with Gasteiger partial charge in [0.05, 0.1) is 5.41 Å². The van der Waals surface area contributed by atoms with Crippen LogP contribution in [0.15, 0.2) is 255 Å². The Labute approximate surface area is 392 Å². The van der Waals surface area contributed by atoms with E-state index in [1.807, 2.05) is 0 Å². The highest BCUT2D eigenvalue weighted by atomic mass is 14.5. The Morgan fingerprint density at radius 2 is 0.806 bits per heavy atom. The van der Waals surface area contributed by atoms with Gasteiger partial charge in [0.2, 0.25) is 0 Å². The second-order valence-corrected chi connectivity index (χ2v) is 18.6. The lowest BCUT2D eigenvalue weighted by Crippen LogP contribution is -2.28. The first-order valence-corrected chi connectivity index (χ1v) is 23.6. The van der Waals surface area contributed by atoms with Crippen molar-refractivity contribution in [2.75, 3.05) is 0 Å². The van der Waals surface area contributed by atoms with Crippen LogP contribution < -0.4 is 0 Å². The molecule has 0 aromatic heterocycles. The lowest BCUT2D eigenvalue weighted by molar-refractivity contribution is 0.767. The molecule has 67 heavy (non-hydrogen) atoms. The van der Waals surface area contributed by atoms with Gasteiger partial charge in [-0.15, -0.1) is 0 Å². The molecule has 0 N–H and O–H groups in total. The quantitative estimate of drug-likeness (QED) is 0.156. The van der Waals surface area contributed by atoms with Crippen LogP contribution >= 0.6 is 0 Å². The third-order valence-corrected chi connectivity index (χ3v) is 15.4. The molecule has 2 atom stereocenters. The molecule has 3 aliphatic rings. The van der Waals surface area contributed by atoms with E-state index in [2.05, 4.69) is 255 Å². The maximum Gasteiger partial charge on any atom is 0.0713 e. The zero-order valence-corrected chi connectivity index (χ0v) is 36.9. The lowest BCUT2D eigenvalue weighted by atomic mass is 9.67. The topological polar surface area (TPSA) is 0 Å². The van der Waals surface area contributed by atoms with Gasteiger partial charge in [0.25, 0.3) is 0 Å². The predicted octanol–water partition coefficient (Wildman–Crippen LogP) is 16.9. The maximum absolute atomic E-state index is 2.50. The Kier molecular flexibility index (Phi) is 8.43. The standard InChI is InChI=1S/C67H44/c1-4-17-43(18-5-1)44-31-33-46(34-32-44)63-54-27-13-12-26-52(54)59-41-47(35-37-55(59)63)48-36-38-56-60(42-48)57-39-40-62-65(66(57)64(56)53-29-16-20-45-19-10-11-25-51(45)53)58-28-14-15-30-61(58)67(62,49-21-6-2-7-22-49)50-23-8-3-9-24-50/h1-42,63-64H. The van der Waals surface area contributed by atoms with Crippen molar-refractivity contribution in [1.82, 2.24) is 0 Å². The van der Waals surface area contributed by atoms with Gasteiger partial charge in [0.1, 0.15) is 0 Å². The molecule has 0 heteroatoms. The van der Waals surface area contributed by atoms with Crippen molar-refractivity contribution in [3.05, 3.63) is 310 Å². The SMILES string of the molecule is c1ccc(-c2ccc(C3c4ccccc4-c4cc(-c5ccc6c(c5)-c5ccc7c(c5C6c5cccc6ccccc56)-c5ccccc5C7(c5ccccc5)c5ccccc5)ccc43)cc2)cc1. The summed E-state index contributed by atoms with van der Waals surface area (Å²) in [6.07, 6.45) is 0. The third kappa shape index (κ3) is 5.54. The Balaban J connectivity index is 0.962. The van der Waals surface area contributed by atoms with Crippen LogP contribution in [-0.4, -0.2) is 0 Å². The monoisotopic (exact) mass is 848 g/mol. The summed E-state index contributed by atoms with van der Waals surface area (Å²) in [6.45, 7) is 0. The molecule has 11 aromatic rings. The molecule has 0 saturated carbocycles. The van der Waals surface area contributed by atoms with Gasteiger partial charge in [-0.05, 0) is 134 Å². The van der Waals surface area contributed by atoms with Crippen molar-refractivity contribution in [1.29, 1.82) is 0 Å². The zero-order valence-electron chi connectivity index (χ0n) is 36.9. The van der Waals surface area contributed by atoms with E-state index in [0.717, 1.165) is 0 Å². The van der Waals surface area contributed by atoms with Crippen LogP contribution in [0.2, 0.25) is 0 Å². The molecule has 3 aliphatic carbocycles. The van der Waals surface area contributed by atoms with E-state index >= 15 is 0 Å². The molecule has 0 aliphatic heterocycles. The summed E-state index contributed by atoms with van der Waals surface area (Å²) in [4.78, 5) is 0. The fourth-order valence-corrected chi connectivity index (χ4v) is 12.5. The minimum absolute atomic E-state index is 0.0384. The van der Waals surface area contributed by atoms with Crippen molar-refractivity contribution < 1.29 is 0 Å². The Morgan fingerprint density at radius 1 is 0.284 bits per heavy atom. The number of rotatable bonds is 6. The Bertz CT molecular complexity index is 3680. The third-order valence-electron chi connectivity index (χ3n) is 15.4. The first-order chi connectivity index (χ1) is 33.3. The molecule has 0 heterocycles. The van der Waals surface area contributed by atoms with Crippen molar-refractivity contribution in [2.24, 2.45) is 0 Å². The molecule has 312 valence electrons. The van der Waals surface area contributed by atoms with E-state index in [1.54, 1.807) is 0 Å². The van der Waals surface area contributed by atoms with E-state index in [4.69, 9.17) is 0 Å². The van der Waals surface area contributed by atoms with Crippen molar-refractivity contribution in [3.63, 3.8) is 0 Å². The number of hydrogen-bond acceptors (Lipinski definition) is 0. The lowest BCUT2D eigenvalue weighted by Gasteiger charge is -2.34. The summed E-state index contributed by atoms with van der Waals surface area (Å²) in [5.74, 6) is 0.221. The number of fused-ring (bicyclic) bond motifs is 11. The van der Waals surface area contributed by atoms with Gasteiger partial charge < -0.3 is 0 Å². The normalized spacial score (nSPS) is 15.6. The van der Waals surface area contributed by atoms with Crippen LogP contribution in [0.25, 0.3) is 66.4 Å². The van der Waals surface area contributed by atoms with E-state index in [0.29, 0.717) is 0 Å². The molecule has 14 rings (SSSR count). The fraction of sp³-hybridized carbons (Fsp3) is 0.0448. The summed E-state index contributed by atoms with van der Waals surface area (Å²) in [5, 5.41) is 2.58. The number of benzene rings is 11. The van der Waals surface area contributed by atoms with Crippen molar-refractivity contribution in [3.8, 4) is 55.6 Å².